The van der Waals surface area contributed by atoms with Crippen molar-refractivity contribution in [3.05, 3.63) is 105 Å². The molecule has 0 aliphatic carbocycles. The molecule has 1 amide bonds. The summed E-state index contributed by atoms with van der Waals surface area (Å²) in [5.74, 6) is -1.13. The van der Waals surface area contributed by atoms with E-state index in [0.717, 1.165) is 5.56 Å². The van der Waals surface area contributed by atoms with Gasteiger partial charge in [0.1, 0.15) is 11.4 Å². The van der Waals surface area contributed by atoms with Crippen LogP contribution in [0.2, 0.25) is 0 Å². The highest BCUT2D eigenvalue weighted by Gasteiger charge is 2.69. The third kappa shape index (κ3) is 3.08. The van der Waals surface area contributed by atoms with E-state index < -0.39 is 28.1 Å². The third-order valence-corrected chi connectivity index (χ3v) is 8.44. The van der Waals surface area contributed by atoms with Crippen LogP contribution in [0.4, 0.5) is 15.8 Å². The molecule has 6 rings (SSSR count). The van der Waals surface area contributed by atoms with Gasteiger partial charge in [0.05, 0.1) is 10.8 Å². The summed E-state index contributed by atoms with van der Waals surface area (Å²) in [5.41, 5.74) is 0.995. The van der Waals surface area contributed by atoms with Gasteiger partial charge in [0.25, 0.3) is 5.69 Å². The van der Waals surface area contributed by atoms with E-state index in [4.69, 9.17) is 0 Å². The number of hydrogen-bond acceptors (Lipinski definition) is 6. The van der Waals surface area contributed by atoms with Gasteiger partial charge in [0.2, 0.25) is 5.91 Å². The van der Waals surface area contributed by atoms with Gasteiger partial charge < -0.3 is 5.32 Å². The van der Waals surface area contributed by atoms with Gasteiger partial charge in [0.15, 0.2) is 5.78 Å². The number of benzene rings is 3. The highest BCUT2D eigenvalue weighted by molar-refractivity contribution is 7.99. The van der Waals surface area contributed by atoms with Crippen molar-refractivity contribution < 1.29 is 18.9 Å². The number of carbonyl (C=O) groups is 2. The molecule has 7 nitrogen and oxygen atoms in total. The van der Waals surface area contributed by atoms with Gasteiger partial charge in [-0.2, -0.15) is 0 Å². The second-order valence-corrected chi connectivity index (χ2v) is 10.0. The van der Waals surface area contributed by atoms with Crippen LogP contribution in [0.3, 0.4) is 0 Å². The summed E-state index contributed by atoms with van der Waals surface area (Å²) in [6.07, 6.45) is 0. The fourth-order valence-corrected chi connectivity index (χ4v) is 7.37. The molecule has 0 radical (unpaired) electrons. The molecular weight excluding hydrogens is 469 g/mol. The average molecular weight is 490 g/mol. The molecule has 1 spiro atoms. The lowest BCUT2D eigenvalue weighted by Gasteiger charge is -2.36. The summed E-state index contributed by atoms with van der Waals surface area (Å²) in [6, 6.07) is 18.9. The summed E-state index contributed by atoms with van der Waals surface area (Å²) in [7, 11) is 0. The van der Waals surface area contributed by atoms with Crippen LogP contribution in [-0.2, 0) is 10.3 Å². The molecule has 3 aromatic carbocycles. The number of halogens is 1. The van der Waals surface area contributed by atoms with Crippen molar-refractivity contribution in [3.8, 4) is 0 Å². The molecule has 3 aliphatic heterocycles. The Kier molecular flexibility index (Phi) is 5.01. The number of para-hydroxylation sites is 1. The van der Waals surface area contributed by atoms with Crippen molar-refractivity contribution in [2.24, 2.45) is 5.92 Å². The maximum atomic E-state index is 14.2. The Morgan fingerprint density at radius 2 is 1.89 bits per heavy atom. The fraction of sp³-hybridized carbons (Fsp3) is 0.231. The summed E-state index contributed by atoms with van der Waals surface area (Å²) >= 11 is 1.68. The number of hydrogen-bond donors (Lipinski definition) is 1. The monoisotopic (exact) mass is 489 g/mol. The molecule has 0 aromatic heterocycles. The number of thioether (sulfide) groups is 1. The van der Waals surface area contributed by atoms with Crippen LogP contribution in [-0.4, -0.2) is 39.2 Å². The predicted octanol–water partition coefficient (Wildman–Crippen LogP) is 4.55. The van der Waals surface area contributed by atoms with Gasteiger partial charge in [0, 0.05) is 52.5 Å². The summed E-state index contributed by atoms with van der Waals surface area (Å²) in [4.78, 5) is 41.3. The lowest BCUT2D eigenvalue weighted by atomic mass is 9.69. The predicted molar refractivity (Wildman–Crippen MR) is 130 cm³/mol. The number of nitro groups is 1. The van der Waals surface area contributed by atoms with Crippen molar-refractivity contribution in [3.63, 3.8) is 0 Å². The molecule has 9 heteroatoms. The van der Waals surface area contributed by atoms with Crippen molar-refractivity contribution in [2.75, 3.05) is 16.9 Å². The first-order valence-electron chi connectivity index (χ1n) is 11.2. The minimum atomic E-state index is -1.27. The molecule has 3 heterocycles. The molecule has 2 fully saturated rings. The van der Waals surface area contributed by atoms with Crippen LogP contribution in [0, 0.1) is 21.8 Å². The van der Waals surface area contributed by atoms with Gasteiger partial charge >= 0.3 is 0 Å². The van der Waals surface area contributed by atoms with Gasteiger partial charge in [-0.05, 0) is 35.9 Å². The minimum absolute atomic E-state index is 0.0649. The van der Waals surface area contributed by atoms with Crippen LogP contribution < -0.4 is 5.32 Å². The normalized spacial score (nSPS) is 27.0. The number of anilines is 1. The smallest absolute Gasteiger partial charge is 0.269 e. The number of ketones is 1. The molecule has 1 N–H and O–H groups in total. The molecule has 0 unspecified atom stereocenters. The van der Waals surface area contributed by atoms with Gasteiger partial charge in [-0.15, -0.1) is 11.8 Å². The van der Waals surface area contributed by atoms with Crippen LogP contribution >= 0.6 is 11.8 Å². The number of non-ortho nitro benzene ring substituents is 1. The number of nitro benzene ring substituents is 1. The molecule has 35 heavy (non-hydrogen) atoms. The number of nitrogens with zero attached hydrogens (tertiary/aromatic N) is 2. The van der Waals surface area contributed by atoms with Gasteiger partial charge in [-0.25, -0.2) is 4.39 Å². The lowest BCUT2D eigenvalue weighted by Crippen LogP contribution is -2.52. The number of Topliss-reactive ketones (excluding diaryl/α,β-unsaturated/α-hetero) is 1. The first-order valence-corrected chi connectivity index (χ1v) is 12.4. The molecule has 0 saturated carbocycles. The summed E-state index contributed by atoms with van der Waals surface area (Å²) < 4.78 is 13.7. The maximum Gasteiger partial charge on any atom is 0.269 e. The van der Waals surface area contributed by atoms with Gasteiger partial charge in [-0.3, -0.25) is 24.6 Å². The fourth-order valence-electron chi connectivity index (χ4n) is 6.04. The third-order valence-electron chi connectivity index (χ3n) is 7.41. The molecular formula is C26H20FN3O4S. The largest absolute Gasteiger partial charge is 0.324 e. The molecule has 4 atom stereocenters. The molecule has 3 aliphatic rings. The summed E-state index contributed by atoms with van der Waals surface area (Å²) in [5, 5.41) is 14.5. The van der Waals surface area contributed by atoms with Crippen LogP contribution in [0.1, 0.15) is 27.4 Å². The molecule has 0 bridgehead atoms. The number of nitrogens with one attached hydrogen (secondary N) is 1. The van der Waals surface area contributed by atoms with Crippen LogP contribution in [0.15, 0.2) is 72.8 Å². The Hall–Kier alpha value is -3.56. The molecule has 2 saturated heterocycles. The van der Waals surface area contributed by atoms with E-state index in [-0.39, 0.29) is 23.4 Å². The number of carbonyl (C=O) groups excluding carboxylic acids is 2. The van der Waals surface area contributed by atoms with E-state index in [0.29, 0.717) is 28.4 Å². The zero-order valence-electron chi connectivity index (χ0n) is 18.4. The Morgan fingerprint density at radius 1 is 1.11 bits per heavy atom. The van der Waals surface area contributed by atoms with E-state index in [9.17, 15) is 24.1 Å². The highest BCUT2D eigenvalue weighted by Crippen LogP contribution is 2.61. The lowest BCUT2D eigenvalue weighted by molar-refractivity contribution is -0.384. The average Bonchev–Trinajstić information content (AvgIpc) is 3.52. The second-order valence-electron chi connectivity index (χ2n) is 9.03. The Morgan fingerprint density at radius 3 is 2.66 bits per heavy atom. The van der Waals surface area contributed by atoms with E-state index in [1.807, 2.05) is 24.3 Å². The Bertz CT molecular complexity index is 1380. The molecule has 176 valence electrons. The number of rotatable bonds is 4. The van der Waals surface area contributed by atoms with E-state index in [2.05, 4.69) is 10.2 Å². The first-order chi connectivity index (χ1) is 16.9. The zero-order chi connectivity index (χ0) is 24.3. The molecule has 3 aromatic rings. The number of fused-ring (bicyclic) bond motifs is 4. The SMILES string of the molecule is O=C(c1ccc(F)cc1)[C@H]1[C@@H](c2cccc([N+](=O)[O-])c2)[C@H]2CSCN2[C@@]12C(=O)Nc1ccccc12. The highest BCUT2D eigenvalue weighted by atomic mass is 32.2. The summed E-state index contributed by atoms with van der Waals surface area (Å²) in [6.45, 7) is 0. The Labute approximate surface area is 204 Å². The van der Waals surface area contributed by atoms with Gasteiger partial charge in [-0.1, -0.05) is 30.3 Å². The van der Waals surface area contributed by atoms with Crippen LogP contribution in [0.25, 0.3) is 0 Å². The van der Waals surface area contributed by atoms with Crippen molar-refractivity contribution in [1.29, 1.82) is 0 Å². The van der Waals surface area contributed by atoms with Crippen molar-refractivity contribution in [2.45, 2.75) is 17.5 Å². The van der Waals surface area contributed by atoms with Crippen molar-refractivity contribution >= 4 is 34.8 Å². The standard InChI is InChI=1S/C26H20FN3O4S/c27-17-10-8-15(9-11-17)24(31)23-22(16-4-3-5-18(12-16)30(33)34)21-13-35-14-29(21)26(23)19-6-1-2-7-20(19)28-25(26)32/h1-12,21-23H,13-14H2,(H,28,32)/t21-,22+,23-,26-/m1/s1. The zero-order valence-corrected chi connectivity index (χ0v) is 19.2. The minimum Gasteiger partial charge on any atom is -0.324 e. The quantitative estimate of drug-likeness (QED) is 0.328. The van der Waals surface area contributed by atoms with E-state index in [1.165, 1.54) is 36.4 Å². The second kappa shape index (κ2) is 8.00. The van der Waals surface area contributed by atoms with Crippen molar-refractivity contribution in [1.82, 2.24) is 4.90 Å². The van der Waals surface area contributed by atoms with Crippen LogP contribution in [0.5, 0.6) is 0 Å². The maximum absolute atomic E-state index is 14.2. The topological polar surface area (TPSA) is 92.5 Å². The Balaban J connectivity index is 1.61. The van der Waals surface area contributed by atoms with E-state index in [1.54, 1.807) is 23.9 Å². The first kappa shape index (κ1) is 21.9. The number of amides is 1. The van der Waals surface area contributed by atoms with E-state index >= 15 is 0 Å².